The van der Waals surface area contributed by atoms with E-state index in [4.69, 9.17) is 4.52 Å². The summed E-state index contributed by atoms with van der Waals surface area (Å²) in [5.41, 5.74) is 5.11. The van der Waals surface area contributed by atoms with E-state index in [1.54, 1.807) is 6.08 Å². The zero-order chi connectivity index (χ0) is 15.6. The topological polar surface area (TPSA) is 29.5 Å². The van der Waals surface area contributed by atoms with Crippen molar-refractivity contribution in [1.82, 2.24) is 4.67 Å². The molecule has 1 aromatic rings. The smallest absolute Gasteiger partial charge is 0.304 e. The molecule has 0 aliphatic carbocycles. The summed E-state index contributed by atoms with van der Waals surface area (Å²) in [7, 11) is -1.26. The maximum absolute atomic E-state index is 13.3. The van der Waals surface area contributed by atoms with Crippen molar-refractivity contribution in [3.63, 3.8) is 0 Å². The Morgan fingerprint density at radius 1 is 1.38 bits per heavy atom. The highest BCUT2D eigenvalue weighted by atomic mass is 31.2. The third-order valence-corrected chi connectivity index (χ3v) is 6.31. The van der Waals surface area contributed by atoms with E-state index in [2.05, 4.69) is 12.3 Å². The number of hydrogen-bond acceptors (Lipinski definition) is 2. The van der Waals surface area contributed by atoms with Crippen LogP contribution in [0.4, 0.5) is 0 Å². The minimum Gasteiger partial charge on any atom is -0.304 e. The highest BCUT2D eigenvalue weighted by molar-refractivity contribution is 7.61. The van der Waals surface area contributed by atoms with Gasteiger partial charge in [-0.2, -0.15) is 0 Å². The standard InChI is InChI=1S/C17H22NO2P/c1-6-16(12-13(2)3)21(19)18(5)14(4)17(20-21)15-10-8-7-9-11-15/h6-11,14,17H,1H2,2-5H3/t14-,17+,21-/m1/s1. The molecule has 0 saturated carbocycles. The fraction of sp³-hybridized carbons (Fsp3) is 0.353. The fourth-order valence-corrected chi connectivity index (χ4v) is 4.86. The van der Waals surface area contributed by atoms with Gasteiger partial charge in [-0.05, 0) is 45.0 Å². The Morgan fingerprint density at radius 2 is 2.00 bits per heavy atom. The summed E-state index contributed by atoms with van der Waals surface area (Å²) in [6.45, 7) is 9.64. The molecule has 0 aromatic heterocycles. The molecule has 1 heterocycles. The number of benzene rings is 1. The predicted molar refractivity (Wildman–Crippen MR) is 87.2 cm³/mol. The van der Waals surface area contributed by atoms with Gasteiger partial charge in [0.15, 0.2) is 0 Å². The molecule has 2 rings (SSSR count). The van der Waals surface area contributed by atoms with Crippen LogP contribution in [-0.4, -0.2) is 17.8 Å². The lowest BCUT2D eigenvalue weighted by Gasteiger charge is -2.20. The molecule has 1 fully saturated rings. The van der Waals surface area contributed by atoms with Gasteiger partial charge >= 0.3 is 7.52 Å². The first-order valence-corrected chi connectivity index (χ1v) is 8.61. The quantitative estimate of drug-likeness (QED) is 0.451. The van der Waals surface area contributed by atoms with Crippen molar-refractivity contribution in [3.8, 4) is 0 Å². The molecule has 0 spiro atoms. The van der Waals surface area contributed by atoms with Gasteiger partial charge < -0.3 is 4.52 Å². The molecule has 1 aliphatic heterocycles. The maximum atomic E-state index is 13.3. The predicted octanol–water partition coefficient (Wildman–Crippen LogP) is 4.91. The van der Waals surface area contributed by atoms with Gasteiger partial charge in [-0.3, -0.25) is 4.57 Å². The van der Waals surface area contributed by atoms with Crippen LogP contribution in [0.5, 0.6) is 0 Å². The highest BCUT2D eigenvalue weighted by Crippen LogP contribution is 2.67. The number of rotatable bonds is 3. The molecule has 1 aromatic carbocycles. The fourth-order valence-electron chi connectivity index (χ4n) is 2.45. The number of allylic oxidation sites excluding steroid dienone is 2. The van der Waals surface area contributed by atoms with Crippen LogP contribution in [0, 0.1) is 0 Å². The van der Waals surface area contributed by atoms with E-state index in [9.17, 15) is 4.57 Å². The molecule has 0 N–H and O–H groups in total. The van der Waals surface area contributed by atoms with Crippen LogP contribution in [0.15, 0.2) is 59.6 Å². The van der Waals surface area contributed by atoms with Gasteiger partial charge in [0, 0.05) is 6.04 Å². The lowest BCUT2D eigenvalue weighted by Crippen LogP contribution is -2.23. The Morgan fingerprint density at radius 3 is 2.52 bits per heavy atom. The van der Waals surface area contributed by atoms with Gasteiger partial charge in [-0.25, -0.2) is 4.67 Å². The van der Waals surface area contributed by atoms with Crippen molar-refractivity contribution in [3.05, 3.63) is 65.2 Å². The van der Waals surface area contributed by atoms with Gasteiger partial charge in [0.1, 0.15) is 6.10 Å². The van der Waals surface area contributed by atoms with Crippen LogP contribution >= 0.6 is 7.52 Å². The minimum atomic E-state index is -3.10. The van der Waals surface area contributed by atoms with E-state index >= 15 is 0 Å². The average Bonchev–Trinajstić information content (AvgIpc) is 2.71. The zero-order valence-electron chi connectivity index (χ0n) is 13.0. The Kier molecular flexibility index (Phi) is 4.70. The van der Waals surface area contributed by atoms with Crippen molar-refractivity contribution in [2.75, 3.05) is 7.05 Å². The largest absolute Gasteiger partial charge is 0.310 e. The summed E-state index contributed by atoms with van der Waals surface area (Å²) >= 11 is 0. The van der Waals surface area contributed by atoms with Crippen LogP contribution < -0.4 is 0 Å². The van der Waals surface area contributed by atoms with Crippen LogP contribution in [-0.2, 0) is 9.09 Å². The summed E-state index contributed by atoms with van der Waals surface area (Å²) in [5.74, 6) is 0. The van der Waals surface area contributed by atoms with Crippen molar-refractivity contribution in [2.45, 2.75) is 32.9 Å². The second-order valence-corrected chi connectivity index (χ2v) is 7.85. The van der Waals surface area contributed by atoms with E-state index in [-0.39, 0.29) is 12.1 Å². The first-order valence-electron chi connectivity index (χ1n) is 7.04. The first-order chi connectivity index (χ1) is 9.90. The Balaban J connectivity index is 2.47. The summed E-state index contributed by atoms with van der Waals surface area (Å²) in [6.07, 6.45) is 1.38. The van der Waals surface area contributed by atoms with Crippen molar-refractivity contribution >= 4 is 7.52 Å². The van der Waals surface area contributed by atoms with Crippen molar-refractivity contribution in [2.24, 2.45) is 0 Å². The van der Waals surface area contributed by atoms with Gasteiger partial charge in [0.25, 0.3) is 0 Å². The molecule has 0 bridgehead atoms. The second kappa shape index (κ2) is 6.17. The molecular weight excluding hydrogens is 281 g/mol. The van der Waals surface area contributed by atoms with Crippen molar-refractivity contribution < 1.29 is 9.09 Å². The SMILES string of the molecule is C=CC(=C=C(C)C)[P@@]1(=O)O[C@H](c2ccccc2)[C@@H](C)N1C. The zero-order valence-corrected chi connectivity index (χ0v) is 13.9. The minimum absolute atomic E-state index is 0.0205. The second-order valence-electron chi connectivity index (χ2n) is 5.49. The molecule has 0 radical (unpaired) electrons. The number of nitrogens with zero attached hydrogens (tertiary/aromatic N) is 1. The maximum Gasteiger partial charge on any atom is 0.310 e. The molecule has 4 heteroatoms. The summed E-state index contributed by atoms with van der Waals surface area (Å²) < 4.78 is 21.2. The molecule has 3 nitrogen and oxygen atoms in total. The molecule has 0 unspecified atom stereocenters. The van der Waals surface area contributed by atoms with E-state index in [1.165, 1.54) is 0 Å². The first kappa shape index (κ1) is 16.0. The summed E-state index contributed by atoms with van der Waals surface area (Å²) in [4.78, 5) is 0. The third-order valence-electron chi connectivity index (χ3n) is 3.70. The monoisotopic (exact) mass is 303 g/mol. The van der Waals surface area contributed by atoms with Gasteiger partial charge in [-0.15, -0.1) is 5.73 Å². The van der Waals surface area contributed by atoms with Crippen LogP contribution in [0.3, 0.4) is 0 Å². The molecule has 112 valence electrons. The Bertz CT molecular complexity index is 640. The highest BCUT2D eigenvalue weighted by Gasteiger charge is 2.48. The van der Waals surface area contributed by atoms with Gasteiger partial charge in [-0.1, -0.05) is 36.9 Å². The number of hydrogen-bond donors (Lipinski definition) is 0. The molecule has 1 aliphatic rings. The van der Waals surface area contributed by atoms with Gasteiger partial charge in [0.05, 0.1) is 5.31 Å². The average molecular weight is 303 g/mol. The molecule has 3 atom stereocenters. The van der Waals surface area contributed by atoms with E-state index < -0.39 is 7.52 Å². The molecule has 1 saturated heterocycles. The van der Waals surface area contributed by atoms with E-state index in [0.717, 1.165) is 11.1 Å². The van der Waals surface area contributed by atoms with Crippen LogP contribution in [0.2, 0.25) is 0 Å². The van der Waals surface area contributed by atoms with Crippen LogP contribution in [0.1, 0.15) is 32.4 Å². The third kappa shape index (κ3) is 2.97. The number of likely N-dealkylation sites (N-methyl/N-ethyl adjacent to an activating group) is 1. The van der Waals surface area contributed by atoms with Crippen LogP contribution in [0.25, 0.3) is 0 Å². The molecule has 0 amide bonds. The lowest BCUT2D eigenvalue weighted by molar-refractivity contribution is 0.211. The summed E-state index contributed by atoms with van der Waals surface area (Å²) in [5, 5.41) is 0.537. The Hall–Kier alpha value is -1.37. The Labute approximate surface area is 127 Å². The van der Waals surface area contributed by atoms with Gasteiger partial charge in [0.2, 0.25) is 0 Å². The van der Waals surface area contributed by atoms with Crippen molar-refractivity contribution in [1.29, 1.82) is 0 Å². The molecular formula is C17H22NO2P. The summed E-state index contributed by atoms with van der Waals surface area (Å²) in [6, 6.07) is 9.92. The lowest BCUT2D eigenvalue weighted by atomic mass is 10.0. The van der Waals surface area contributed by atoms with E-state index in [0.29, 0.717) is 5.31 Å². The van der Waals surface area contributed by atoms with E-state index in [1.807, 2.05) is 62.8 Å². The molecule has 21 heavy (non-hydrogen) atoms. The normalized spacial score (nSPS) is 29.0.